The molecule has 7 nitrogen and oxygen atoms in total. The minimum absolute atomic E-state index is 0.335. The molecule has 2 rings (SSSR count). The lowest BCUT2D eigenvalue weighted by Gasteiger charge is -2.11. The van der Waals surface area contributed by atoms with Crippen LogP contribution in [0, 0.1) is 0 Å². The van der Waals surface area contributed by atoms with Crippen LogP contribution in [0.25, 0.3) is 0 Å². The number of guanidine groups is 1. The average Bonchev–Trinajstić information content (AvgIpc) is 2.66. The maximum Gasteiger partial charge on any atom is 0.212 e. The zero-order valence-corrected chi connectivity index (χ0v) is 16.7. The molecule has 0 aliphatic heterocycles. The Balaban J connectivity index is 1.89. The summed E-state index contributed by atoms with van der Waals surface area (Å²) in [5.74, 6) is 1.30. The third-order valence-electron chi connectivity index (χ3n) is 3.83. The second-order valence-electron chi connectivity index (χ2n) is 6.00. The van der Waals surface area contributed by atoms with Gasteiger partial charge in [-0.15, -0.1) is 0 Å². The lowest BCUT2D eigenvalue weighted by Crippen LogP contribution is -2.38. The number of hydrogen-bond acceptors (Lipinski definition) is 5. The summed E-state index contributed by atoms with van der Waals surface area (Å²) in [7, 11) is -1.57. The van der Waals surface area contributed by atoms with Gasteiger partial charge in [0, 0.05) is 31.6 Å². The monoisotopic (exact) mass is 390 g/mol. The van der Waals surface area contributed by atoms with Crippen LogP contribution in [0.4, 0.5) is 0 Å². The molecule has 0 radical (unpaired) electrons. The molecule has 0 fully saturated rings. The zero-order chi connectivity index (χ0) is 19.7. The van der Waals surface area contributed by atoms with E-state index in [-0.39, 0.29) is 0 Å². The topological polar surface area (TPSA) is 92.7 Å². The Morgan fingerprint density at radius 1 is 1.11 bits per heavy atom. The minimum atomic E-state index is -3.16. The normalized spacial score (nSPS) is 11.9. The Morgan fingerprint density at radius 2 is 1.81 bits per heavy atom. The number of nitrogens with one attached hydrogen (secondary N) is 2. The van der Waals surface area contributed by atoms with Crippen molar-refractivity contribution in [3.05, 3.63) is 53.7 Å². The fourth-order valence-electron chi connectivity index (χ4n) is 2.37. The molecular weight excluding hydrogens is 364 g/mol. The first-order valence-electron chi connectivity index (χ1n) is 8.72. The summed E-state index contributed by atoms with van der Waals surface area (Å²) < 4.78 is 28.0. The van der Waals surface area contributed by atoms with E-state index in [1.165, 1.54) is 6.26 Å². The van der Waals surface area contributed by atoms with Gasteiger partial charge in [-0.2, -0.15) is 0 Å². The molecule has 0 amide bonds. The summed E-state index contributed by atoms with van der Waals surface area (Å²) in [6.45, 7) is 3.96. The molecule has 1 heterocycles. The number of pyridine rings is 1. The number of ether oxygens (including phenoxy) is 1. The van der Waals surface area contributed by atoms with E-state index in [9.17, 15) is 8.42 Å². The van der Waals surface area contributed by atoms with Crippen molar-refractivity contribution >= 4 is 15.8 Å². The zero-order valence-electron chi connectivity index (χ0n) is 15.9. The summed E-state index contributed by atoms with van der Waals surface area (Å²) in [5, 5.41) is 6.49. The standard InChI is InChI=1S/C19H26N4O3S/c1-4-20-19(23-14-16-7-10-18(26-2)22-13-16)21-12-11-15-5-8-17(9-6-15)27(3,24)25/h5-10,13H,4,11-12,14H2,1-3H3,(H2,20,21,23). The van der Waals surface area contributed by atoms with Crippen molar-refractivity contribution in [2.24, 2.45) is 4.99 Å². The molecule has 0 saturated carbocycles. The van der Waals surface area contributed by atoms with E-state index in [0.717, 1.165) is 30.1 Å². The Morgan fingerprint density at radius 3 is 2.37 bits per heavy atom. The van der Waals surface area contributed by atoms with Gasteiger partial charge in [0.25, 0.3) is 0 Å². The molecule has 2 N–H and O–H groups in total. The molecule has 8 heteroatoms. The summed E-state index contributed by atoms with van der Waals surface area (Å²) >= 11 is 0. The summed E-state index contributed by atoms with van der Waals surface area (Å²) in [4.78, 5) is 9.06. The van der Waals surface area contributed by atoms with E-state index in [2.05, 4.69) is 20.6 Å². The van der Waals surface area contributed by atoms with Crippen molar-refractivity contribution < 1.29 is 13.2 Å². The van der Waals surface area contributed by atoms with E-state index in [1.807, 2.05) is 31.2 Å². The first kappa shape index (κ1) is 20.7. The molecule has 0 saturated heterocycles. The highest BCUT2D eigenvalue weighted by Crippen LogP contribution is 2.10. The number of aliphatic imine (C=N–C) groups is 1. The molecule has 1 aromatic carbocycles. The molecule has 2 aromatic rings. The molecule has 0 aliphatic carbocycles. The Kier molecular flexibility index (Phi) is 7.60. The smallest absolute Gasteiger partial charge is 0.212 e. The van der Waals surface area contributed by atoms with E-state index in [0.29, 0.717) is 23.9 Å². The van der Waals surface area contributed by atoms with Crippen molar-refractivity contribution in [2.45, 2.75) is 24.8 Å². The van der Waals surface area contributed by atoms with Gasteiger partial charge in [-0.25, -0.2) is 18.4 Å². The van der Waals surface area contributed by atoms with Gasteiger partial charge in [0.2, 0.25) is 5.88 Å². The van der Waals surface area contributed by atoms with Crippen LogP contribution >= 0.6 is 0 Å². The van der Waals surface area contributed by atoms with E-state index in [4.69, 9.17) is 4.74 Å². The number of benzene rings is 1. The predicted octanol–water partition coefficient (Wildman–Crippen LogP) is 1.79. The van der Waals surface area contributed by atoms with Gasteiger partial charge in [0.15, 0.2) is 15.8 Å². The molecule has 27 heavy (non-hydrogen) atoms. The molecule has 0 atom stereocenters. The van der Waals surface area contributed by atoms with Crippen molar-refractivity contribution in [1.29, 1.82) is 0 Å². The van der Waals surface area contributed by atoms with Crippen LogP contribution in [0.15, 0.2) is 52.5 Å². The maximum atomic E-state index is 11.5. The highest BCUT2D eigenvalue weighted by Gasteiger charge is 2.06. The molecule has 0 unspecified atom stereocenters. The van der Waals surface area contributed by atoms with Crippen molar-refractivity contribution in [3.63, 3.8) is 0 Å². The van der Waals surface area contributed by atoms with Crippen LogP contribution < -0.4 is 15.4 Å². The molecule has 0 bridgehead atoms. The largest absolute Gasteiger partial charge is 0.481 e. The van der Waals surface area contributed by atoms with Gasteiger partial charge in [0.05, 0.1) is 18.6 Å². The third kappa shape index (κ3) is 6.90. The summed E-state index contributed by atoms with van der Waals surface area (Å²) in [6, 6.07) is 10.7. The van der Waals surface area contributed by atoms with Gasteiger partial charge < -0.3 is 15.4 Å². The Bertz CT molecular complexity index is 848. The fourth-order valence-corrected chi connectivity index (χ4v) is 3.00. The van der Waals surface area contributed by atoms with E-state index in [1.54, 1.807) is 25.4 Å². The predicted molar refractivity (Wildman–Crippen MR) is 107 cm³/mol. The van der Waals surface area contributed by atoms with Gasteiger partial charge in [-0.05, 0) is 36.6 Å². The van der Waals surface area contributed by atoms with Crippen LogP contribution in [0.3, 0.4) is 0 Å². The molecule has 1 aromatic heterocycles. The van der Waals surface area contributed by atoms with Gasteiger partial charge in [-0.3, -0.25) is 0 Å². The number of rotatable bonds is 8. The van der Waals surface area contributed by atoms with Crippen LogP contribution in [-0.4, -0.2) is 45.8 Å². The van der Waals surface area contributed by atoms with Crippen LogP contribution in [0.1, 0.15) is 18.1 Å². The van der Waals surface area contributed by atoms with Gasteiger partial charge in [-0.1, -0.05) is 18.2 Å². The summed E-state index contributed by atoms with van der Waals surface area (Å²) in [5.41, 5.74) is 2.05. The average molecular weight is 391 g/mol. The van der Waals surface area contributed by atoms with Gasteiger partial charge in [0.1, 0.15) is 0 Å². The van der Waals surface area contributed by atoms with E-state index < -0.39 is 9.84 Å². The van der Waals surface area contributed by atoms with Gasteiger partial charge >= 0.3 is 0 Å². The third-order valence-corrected chi connectivity index (χ3v) is 4.96. The van der Waals surface area contributed by atoms with Crippen molar-refractivity contribution in [2.75, 3.05) is 26.5 Å². The number of aromatic nitrogens is 1. The second kappa shape index (κ2) is 9.91. The number of methoxy groups -OCH3 is 1. The molecule has 0 spiro atoms. The molecule has 0 aliphatic rings. The Hall–Kier alpha value is -2.61. The fraction of sp³-hybridized carbons (Fsp3) is 0.368. The van der Waals surface area contributed by atoms with Crippen LogP contribution in [0.5, 0.6) is 5.88 Å². The summed E-state index contributed by atoms with van der Waals surface area (Å²) in [6.07, 6.45) is 3.72. The molecular formula is C19H26N4O3S. The number of hydrogen-bond donors (Lipinski definition) is 2. The highest BCUT2D eigenvalue weighted by molar-refractivity contribution is 7.90. The second-order valence-corrected chi connectivity index (χ2v) is 8.01. The lowest BCUT2D eigenvalue weighted by molar-refractivity contribution is 0.397. The SMILES string of the molecule is CCNC(=NCc1ccc(OC)nc1)NCCc1ccc(S(C)(=O)=O)cc1. The quantitative estimate of drug-likeness (QED) is 0.527. The highest BCUT2D eigenvalue weighted by atomic mass is 32.2. The van der Waals surface area contributed by atoms with E-state index >= 15 is 0 Å². The number of sulfone groups is 1. The van der Waals surface area contributed by atoms with Crippen molar-refractivity contribution in [1.82, 2.24) is 15.6 Å². The maximum absolute atomic E-state index is 11.5. The number of nitrogens with zero attached hydrogens (tertiary/aromatic N) is 2. The first-order chi connectivity index (χ1) is 12.9. The molecule has 146 valence electrons. The lowest BCUT2D eigenvalue weighted by atomic mass is 10.1. The van der Waals surface area contributed by atoms with Crippen LogP contribution in [-0.2, 0) is 22.8 Å². The Labute approximate surface area is 160 Å². The van der Waals surface area contributed by atoms with Crippen LogP contribution in [0.2, 0.25) is 0 Å². The minimum Gasteiger partial charge on any atom is -0.481 e. The van der Waals surface area contributed by atoms with Crippen molar-refractivity contribution in [3.8, 4) is 5.88 Å². The first-order valence-corrected chi connectivity index (χ1v) is 10.6.